The number of amides is 1. The van der Waals surface area contributed by atoms with Crippen LogP contribution >= 0.6 is 11.6 Å². The minimum absolute atomic E-state index is 0.117. The number of carboxylic acid groups (broad SMARTS) is 2. The normalized spacial score (nSPS) is 13.1. The fourth-order valence-corrected chi connectivity index (χ4v) is 3.33. The number of aldehydes is 1. The maximum atomic E-state index is 10.6. The topological polar surface area (TPSA) is 199 Å². The zero-order valence-corrected chi connectivity index (χ0v) is 23.1. The molecule has 2 aromatic rings. The van der Waals surface area contributed by atoms with E-state index in [0.717, 1.165) is 19.1 Å². The second kappa shape index (κ2) is 21.6. The monoisotopic (exact) mass is 564 g/mol. The maximum absolute atomic E-state index is 10.6. The minimum atomic E-state index is -0.934. The highest BCUT2D eigenvalue weighted by molar-refractivity contribution is 6.30. The molecule has 1 saturated carbocycles. The Kier molecular flexibility index (Phi) is 19.8. The van der Waals surface area contributed by atoms with Crippen molar-refractivity contribution in [3.05, 3.63) is 64.7 Å². The van der Waals surface area contributed by atoms with E-state index in [0.29, 0.717) is 35.3 Å². The first-order valence-corrected chi connectivity index (χ1v) is 13.1. The summed E-state index contributed by atoms with van der Waals surface area (Å²) in [5.41, 5.74) is 17.6. The van der Waals surface area contributed by atoms with E-state index in [2.05, 4.69) is 5.32 Å². The van der Waals surface area contributed by atoms with Crippen molar-refractivity contribution in [2.45, 2.75) is 70.4 Å². The summed E-state index contributed by atoms with van der Waals surface area (Å²) in [4.78, 5) is 41.2. The van der Waals surface area contributed by atoms with Gasteiger partial charge in [0.15, 0.2) is 0 Å². The molecule has 0 aromatic heterocycles. The molecule has 0 heterocycles. The molecule has 0 radical (unpaired) electrons. The van der Waals surface area contributed by atoms with Crippen molar-refractivity contribution in [1.82, 2.24) is 0 Å². The summed E-state index contributed by atoms with van der Waals surface area (Å²) in [5, 5.41) is 19.9. The van der Waals surface area contributed by atoms with E-state index in [1.807, 2.05) is 0 Å². The largest absolute Gasteiger partial charge is 0.480 e. The van der Waals surface area contributed by atoms with Crippen LogP contribution in [0.25, 0.3) is 0 Å². The highest BCUT2D eigenvalue weighted by atomic mass is 35.5. The number of carbonyl (C=O) groups is 4. The lowest BCUT2D eigenvalue weighted by Crippen LogP contribution is -2.29. The quantitative estimate of drug-likeness (QED) is 0.200. The lowest BCUT2D eigenvalue weighted by atomic mass is 9.97. The van der Waals surface area contributed by atoms with Gasteiger partial charge in [-0.1, -0.05) is 37.3 Å². The summed E-state index contributed by atoms with van der Waals surface area (Å²) in [6.07, 6.45) is 9.59. The molecule has 2 aromatic carbocycles. The van der Waals surface area contributed by atoms with Gasteiger partial charge in [-0.15, -0.1) is 0 Å². The molecule has 0 aliphatic heterocycles. The molecule has 0 bridgehead atoms. The lowest BCUT2D eigenvalue weighted by Gasteiger charge is -2.15. The number of halogens is 1. The first-order chi connectivity index (χ1) is 18.5. The third kappa shape index (κ3) is 19.4. The van der Waals surface area contributed by atoms with Gasteiger partial charge in [0.05, 0.1) is 5.56 Å². The van der Waals surface area contributed by atoms with Crippen molar-refractivity contribution in [3.63, 3.8) is 0 Å². The highest BCUT2D eigenvalue weighted by Crippen LogP contribution is 2.14. The zero-order chi connectivity index (χ0) is 29.6. The average Bonchev–Trinajstić information content (AvgIpc) is 2.90. The smallest absolute Gasteiger partial charge is 0.335 e. The van der Waals surface area contributed by atoms with Crippen LogP contribution in [0, 0.1) is 0 Å². The van der Waals surface area contributed by atoms with E-state index in [1.54, 1.807) is 36.4 Å². The van der Waals surface area contributed by atoms with Gasteiger partial charge in [0.2, 0.25) is 5.91 Å². The molecule has 3 rings (SSSR count). The fraction of sp³-hybridized carbons (Fsp3) is 0.429. The standard InChI is InChI=1S/C9H9NO2.C7H5ClO2.C6H14N2O2.C6H13N/c1-7(12)10-9-4-2-8(6-11)3-5-9;8-6-3-1-5(2-4-6)7(9)10;7-4-2-1-3-5(8)6(9)10;7-6-4-2-1-3-5-6/h2-6H,1H3,(H,10,12);1-4H,(H,9,10);5H,1-4,7-8H2,(H,9,10);6H,1-5,7H2/t;;5-;/m..0./s1. The Bertz CT molecular complexity index is 981. The number of nitrogens with one attached hydrogen (secondary N) is 1. The highest BCUT2D eigenvalue weighted by Gasteiger charge is 2.09. The summed E-state index contributed by atoms with van der Waals surface area (Å²) < 4.78 is 0. The Morgan fingerprint density at radius 2 is 1.56 bits per heavy atom. The number of carboxylic acids is 2. The number of anilines is 1. The molecule has 10 nitrogen and oxygen atoms in total. The minimum Gasteiger partial charge on any atom is -0.480 e. The molecule has 1 aliphatic rings. The van der Waals surface area contributed by atoms with Crippen molar-refractivity contribution in [2.75, 3.05) is 11.9 Å². The summed E-state index contributed by atoms with van der Waals surface area (Å²) >= 11 is 5.52. The van der Waals surface area contributed by atoms with Crippen molar-refractivity contribution >= 4 is 41.4 Å². The number of nitrogens with two attached hydrogens (primary N) is 3. The Morgan fingerprint density at radius 3 is 1.95 bits per heavy atom. The molecule has 1 amide bonds. The van der Waals surface area contributed by atoms with Crippen LogP contribution in [0.4, 0.5) is 5.69 Å². The molecular formula is C28H41ClN4O6. The van der Waals surface area contributed by atoms with Crippen molar-refractivity contribution in [3.8, 4) is 0 Å². The SMILES string of the molecule is CC(=O)Nc1ccc(C=O)cc1.NC1CCCCC1.NCCCC[C@H](N)C(=O)O.O=C(O)c1ccc(Cl)cc1. The molecular weight excluding hydrogens is 524 g/mol. The number of rotatable bonds is 8. The van der Waals surface area contributed by atoms with E-state index < -0.39 is 18.0 Å². The maximum Gasteiger partial charge on any atom is 0.335 e. The van der Waals surface area contributed by atoms with Crippen LogP contribution < -0.4 is 22.5 Å². The van der Waals surface area contributed by atoms with Crippen LogP contribution in [0.5, 0.6) is 0 Å². The predicted octanol–water partition coefficient (Wildman–Crippen LogP) is 4.30. The number of unbranched alkanes of at least 4 members (excludes halogenated alkanes) is 1. The van der Waals surface area contributed by atoms with E-state index in [-0.39, 0.29) is 11.5 Å². The van der Waals surface area contributed by atoms with Crippen LogP contribution in [0.3, 0.4) is 0 Å². The molecule has 9 N–H and O–H groups in total. The van der Waals surface area contributed by atoms with E-state index in [4.69, 9.17) is 39.0 Å². The molecule has 216 valence electrons. The summed E-state index contributed by atoms with van der Waals surface area (Å²) in [6, 6.07) is 12.5. The number of carbonyl (C=O) groups excluding carboxylic acids is 2. The average molecular weight is 565 g/mol. The van der Waals surface area contributed by atoms with Crippen molar-refractivity contribution in [2.24, 2.45) is 17.2 Å². The number of hydrogen-bond donors (Lipinski definition) is 6. The van der Waals surface area contributed by atoms with Gasteiger partial charge < -0.3 is 32.7 Å². The van der Waals surface area contributed by atoms with Gasteiger partial charge >= 0.3 is 11.9 Å². The third-order valence-corrected chi connectivity index (χ3v) is 5.65. The first kappa shape index (κ1) is 35.7. The molecule has 0 unspecified atom stereocenters. The van der Waals surface area contributed by atoms with Gasteiger partial charge in [-0.3, -0.25) is 14.4 Å². The Balaban J connectivity index is 0.000000501. The molecule has 1 fully saturated rings. The molecule has 1 aliphatic carbocycles. The van der Waals surface area contributed by atoms with Crippen LogP contribution in [-0.2, 0) is 9.59 Å². The van der Waals surface area contributed by atoms with Crippen molar-refractivity contribution in [1.29, 1.82) is 0 Å². The van der Waals surface area contributed by atoms with E-state index >= 15 is 0 Å². The Morgan fingerprint density at radius 1 is 1.00 bits per heavy atom. The summed E-state index contributed by atoms with van der Waals surface area (Å²) in [5.74, 6) is -1.98. The second-order valence-electron chi connectivity index (χ2n) is 8.86. The van der Waals surface area contributed by atoms with Gasteiger partial charge in [-0.05, 0) is 80.8 Å². The van der Waals surface area contributed by atoms with Crippen LogP contribution in [0.15, 0.2) is 48.5 Å². The fourth-order valence-electron chi connectivity index (χ4n) is 3.21. The Hall–Kier alpha value is -3.31. The molecule has 0 spiro atoms. The summed E-state index contributed by atoms with van der Waals surface area (Å²) in [6.45, 7) is 2.04. The van der Waals surface area contributed by atoms with Gasteiger partial charge in [-0.2, -0.15) is 0 Å². The van der Waals surface area contributed by atoms with Crippen LogP contribution in [-0.4, -0.2) is 53.0 Å². The van der Waals surface area contributed by atoms with E-state index in [1.165, 1.54) is 51.2 Å². The number of aromatic carboxylic acids is 1. The van der Waals surface area contributed by atoms with Gasteiger partial charge in [0, 0.05) is 29.2 Å². The number of benzene rings is 2. The van der Waals surface area contributed by atoms with Crippen LogP contribution in [0.1, 0.15) is 79.0 Å². The van der Waals surface area contributed by atoms with Crippen LogP contribution in [0.2, 0.25) is 5.02 Å². The third-order valence-electron chi connectivity index (χ3n) is 5.39. The van der Waals surface area contributed by atoms with Crippen molar-refractivity contribution < 1.29 is 29.4 Å². The predicted molar refractivity (Wildman–Crippen MR) is 154 cm³/mol. The molecule has 11 heteroatoms. The zero-order valence-electron chi connectivity index (χ0n) is 22.4. The van der Waals surface area contributed by atoms with Gasteiger partial charge in [-0.25, -0.2) is 4.79 Å². The van der Waals surface area contributed by atoms with Gasteiger partial charge in [0.25, 0.3) is 0 Å². The first-order valence-electron chi connectivity index (χ1n) is 12.8. The molecule has 1 atom stereocenters. The summed E-state index contributed by atoms with van der Waals surface area (Å²) in [7, 11) is 0. The van der Waals surface area contributed by atoms with Gasteiger partial charge in [0.1, 0.15) is 12.3 Å². The number of hydrogen-bond acceptors (Lipinski definition) is 7. The molecule has 39 heavy (non-hydrogen) atoms. The molecule has 0 saturated heterocycles. The second-order valence-corrected chi connectivity index (χ2v) is 9.30. The Labute approximate surface area is 234 Å². The van der Waals surface area contributed by atoms with E-state index in [9.17, 15) is 19.2 Å². The lowest BCUT2D eigenvalue weighted by molar-refractivity contribution is -0.138. The number of aliphatic carboxylic acids is 1.